The molecule has 4 rings (SSSR count). The van der Waals surface area contributed by atoms with Gasteiger partial charge in [0.25, 0.3) is 15.6 Å². The van der Waals surface area contributed by atoms with E-state index in [1.165, 1.54) is 19.9 Å². The molecule has 370 valence electrons. The Morgan fingerprint density at radius 2 is 1.80 bits per heavy atom. The number of nitrogens with one attached hydrogen (secondary N) is 2. The van der Waals surface area contributed by atoms with Gasteiger partial charge in [0.05, 0.1) is 27.4 Å². The molecule has 2 fully saturated rings. The molecule has 6 N–H and O–H groups in total. The smallest absolute Gasteiger partial charge is 0.274 e. The number of anilines is 1. The summed E-state index contributed by atoms with van der Waals surface area (Å²) in [7, 11) is -17.6. The van der Waals surface area contributed by atoms with Crippen LogP contribution in [0, 0.1) is 17.3 Å². The second kappa shape index (κ2) is 24.8. The van der Waals surface area contributed by atoms with Crippen LogP contribution in [0.1, 0.15) is 78.4 Å². The molecule has 9 atom stereocenters. The van der Waals surface area contributed by atoms with E-state index in [0.29, 0.717) is 24.5 Å². The molecule has 1 saturated heterocycles. The van der Waals surface area contributed by atoms with E-state index in [2.05, 4.69) is 62.5 Å². The normalized spacial score (nSPS) is 23.9. The number of phosphoric ester groups is 3. The van der Waals surface area contributed by atoms with Gasteiger partial charge in [0.2, 0.25) is 16.9 Å². The van der Waals surface area contributed by atoms with Gasteiger partial charge in [0, 0.05) is 43.0 Å². The fourth-order valence-corrected chi connectivity index (χ4v) is 10.4. The molecule has 2 aromatic rings. The lowest BCUT2D eigenvalue weighted by atomic mass is 9.87. The highest BCUT2D eigenvalue weighted by Gasteiger charge is 2.47. The lowest BCUT2D eigenvalue weighted by molar-refractivity contribution is -0.347. The Labute approximate surface area is 384 Å². The van der Waals surface area contributed by atoms with Gasteiger partial charge in [-0.3, -0.25) is 32.9 Å². The minimum Gasteiger partial charge on any atom is -0.790 e. The first-order valence-corrected chi connectivity index (χ1v) is 26.1. The van der Waals surface area contributed by atoms with Gasteiger partial charge in [-0.2, -0.15) is 0 Å². The first kappa shape index (κ1) is 55.3. The second-order valence-electron chi connectivity index (χ2n) is 16.0. The van der Waals surface area contributed by atoms with Gasteiger partial charge in [-0.05, 0) is 50.5 Å². The third kappa shape index (κ3) is 17.0. The number of nitrogen functional groups attached to an aromatic ring is 1. The summed E-state index contributed by atoms with van der Waals surface area (Å²) in [6.07, 6.45) is 5.55. The molecule has 2 amide bonds. The average Bonchev–Trinajstić information content (AvgIpc) is 3.91. The van der Waals surface area contributed by atoms with Crippen molar-refractivity contribution in [1.82, 2.24) is 30.2 Å². The molecule has 1 aliphatic heterocycles. The van der Waals surface area contributed by atoms with Crippen LogP contribution >= 0.6 is 35.2 Å². The van der Waals surface area contributed by atoms with Crippen molar-refractivity contribution in [1.29, 1.82) is 0 Å². The zero-order valence-electron chi connectivity index (χ0n) is 36.2. The van der Waals surface area contributed by atoms with E-state index in [-0.39, 0.29) is 53.3 Å². The van der Waals surface area contributed by atoms with Crippen LogP contribution in [-0.2, 0) is 55.5 Å². The van der Waals surface area contributed by atoms with Gasteiger partial charge < -0.3 is 69.0 Å². The van der Waals surface area contributed by atoms with E-state index < -0.39 is 84.6 Å². The largest absolute Gasteiger partial charge is 0.790 e. The highest BCUT2D eigenvalue weighted by atomic mass is 32.2. The molecule has 1 saturated carbocycles. The zero-order chi connectivity index (χ0) is 48.9. The Hall–Kier alpha value is -3.29. The van der Waals surface area contributed by atoms with Crippen molar-refractivity contribution < 1.29 is 85.3 Å². The number of aliphatic hydroxyl groups is 2. The Bertz CT molecular complexity index is 2210. The van der Waals surface area contributed by atoms with E-state index in [9.17, 15) is 62.7 Å². The van der Waals surface area contributed by atoms with Crippen LogP contribution in [0.5, 0.6) is 0 Å². The third-order valence-corrected chi connectivity index (χ3v) is 14.3. The van der Waals surface area contributed by atoms with Gasteiger partial charge in [0.15, 0.2) is 17.7 Å². The molecule has 29 heteroatoms. The average molecular weight is 1010 g/mol. The molecule has 3 heterocycles. The van der Waals surface area contributed by atoms with Crippen molar-refractivity contribution >= 4 is 74.9 Å². The quantitative estimate of drug-likeness (QED) is 0.0335. The molecule has 0 spiro atoms. The first-order valence-electron chi connectivity index (χ1n) is 20.8. The number of allylic oxidation sites excluding steroid dienone is 3. The van der Waals surface area contributed by atoms with E-state index in [0.717, 1.165) is 61.1 Å². The number of ether oxygens (including phenoxy) is 1. The lowest BCUT2D eigenvalue weighted by Gasteiger charge is -2.36. The maximum Gasteiger partial charge on any atom is 0.274 e. The molecular weight excluding hydrogens is 955 g/mol. The van der Waals surface area contributed by atoms with Crippen molar-refractivity contribution in [2.24, 2.45) is 17.3 Å². The second-order valence-corrected chi connectivity index (χ2v) is 21.1. The number of ketones is 1. The topological polar surface area (TPSA) is 392 Å². The third-order valence-electron chi connectivity index (χ3n) is 10.5. The van der Waals surface area contributed by atoms with Crippen LogP contribution in [0.2, 0.25) is 0 Å². The predicted molar refractivity (Wildman–Crippen MR) is 226 cm³/mol. The fraction of sp³-hybridized carbons (Fsp3) is 0.649. The summed E-state index contributed by atoms with van der Waals surface area (Å²) in [4.78, 5) is 109. The molecule has 2 unspecified atom stereocenters. The standard InChI is InChI=1S/C37H58N7O18P3S/c1-4-5-7-11-24-23(13-14-25(24)45)10-8-6-9-12-28(47)66-18-17-39-27(46)15-16-40-35(50)32(49)37(2,3)20-59-65(56,57)62-64(54,55)58-19-26-31(61-63(51,52)53)30(48)36(60-26)44-22-43-29-33(38)41-21-42-34(29)44/h5,7,9,12,21-24,26,30-32,36,48-49H,4,6,8,10-11,13-20H2,1-3H3,(H,39,46)(H,40,50)(H,54,55)(H,56,57)(H2,38,41,42)(H2,51,52,53)/p-4/b7-5-,12-9+/t23-,24-,26+,30+,31+,32-,36+/m0/s1. The van der Waals surface area contributed by atoms with Crippen LogP contribution in [0.4, 0.5) is 5.82 Å². The number of rotatable bonds is 27. The molecule has 25 nitrogen and oxygen atoms in total. The van der Waals surface area contributed by atoms with Gasteiger partial charge >= 0.3 is 0 Å². The highest BCUT2D eigenvalue weighted by molar-refractivity contribution is 8.14. The minimum atomic E-state index is -5.93. The molecule has 0 bridgehead atoms. The van der Waals surface area contributed by atoms with Gasteiger partial charge in [-0.25, -0.2) is 19.3 Å². The molecule has 2 aromatic heterocycles. The van der Waals surface area contributed by atoms with E-state index in [1.807, 2.05) is 0 Å². The Kier molecular flexibility index (Phi) is 20.8. The number of nitrogens with two attached hydrogens (primary N) is 1. The summed E-state index contributed by atoms with van der Waals surface area (Å²) in [6, 6.07) is 0. The monoisotopic (exact) mass is 1010 g/mol. The number of aliphatic hydroxyl groups excluding tert-OH is 2. The van der Waals surface area contributed by atoms with Crippen molar-refractivity contribution in [3.63, 3.8) is 0 Å². The number of thioether (sulfide) groups is 1. The fourth-order valence-electron chi connectivity index (χ4n) is 7.04. The molecule has 1 aliphatic carbocycles. The molecule has 66 heavy (non-hydrogen) atoms. The van der Waals surface area contributed by atoms with Crippen molar-refractivity contribution in [3.05, 3.63) is 37.0 Å². The number of Topliss-reactive ketones (excluding diaryl/α,β-unsaturated/α-hetero) is 1. The highest BCUT2D eigenvalue weighted by Crippen LogP contribution is 2.56. The van der Waals surface area contributed by atoms with Crippen molar-refractivity contribution in [2.45, 2.75) is 103 Å². The number of aromatic nitrogens is 4. The maximum absolute atomic E-state index is 12.6. The summed E-state index contributed by atoms with van der Waals surface area (Å²) in [6.45, 7) is 2.07. The Morgan fingerprint density at radius 1 is 1.08 bits per heavy atom. The number of hydrogen-bond donors (Lipinski definition) is 5. The predicted octanol–water partition coefficient (Wildman–Crippen LogP) is -0.185. The minimum absolute atomic E-state index is 0.0251. The van der Waals surface area contributed by atoms with E-state index >= 15 is 0 Å². The summed E-state index contributed by atoms with van der Waals surface area (Å²) < 4.78 is 60.8. The van der Waals surface area contributed by atoms with Crippen LogP contribution < -0.4 is 35.9 Å². The van der Waals surface area contributed by atoms with Gasteiger partial charge in [-0.1, -0.05) is 50.8 Å². The number of phosphoric acid groups is 3. The van der Waals surface area contributed by atoms with Crippen molar-refractivity contribution in [3.8, 4) is 0 Å². The molecule has 0 aromatic carbocycles. The number of imidazole rings is 1. The molecule has 0 radical (unpaired) electrons. The van der Waals surface area contributed by atoms with Crippen LogP contribution in [0.25, 0.3) is 11.2 Å². The van der Waals surface area contributed by atoms with Crippen LogP contribution in [-0.4, -0.2) is 109 Å². The number of nitrogens with zero attached hydrogens (tertiary/aromatic N) is 4. The summed E-state index contributed by atoms with van der Waals surface area (Å²) in [5, 5.41) is 26.2. The molecule has 2 aliphatic rings. The van der Waals surface area contributed by atoms with Gasteiger partial charge in [0.1, 0.15) is 42.0 Å². The molecular formula is C37H54N7O18P3S-4. The number of hydrogen-bond acceptors (Lipinski definition) is 23. The Morgan fingerprint density at radius 3 is 2.52 bits per heavy atom. The maximum atomic E-state index is 12.6. The number of carbonyl (C=O) groups excluding carboxylic acids is 4. The summed E-state index contributed by atoms with van der Waals surface area (Å²) in [5.41, 5.74) is 4.06. The first-order chi connectivity index (χ1) is 30.9. The number of unbranched alkanes of at least 4 members (excludes halogenated alkanes) is 1. The Balaban J connectivity index is 1.13. The van der Waals surface area contributed by atoms with E-state index in [4.69, 9.17) is 10.5 Å². The number of carbonyl (C=O) groups is 4. The summed E-state index contributed by atoms with van der Waals surface area (Å²) in [5.74, 6) is -0.517. The SMILES string of the molecule is CC/C=C\C[C@@H]1C(=O)CC[C@@H]1CCC/C=C/C(=O)SCCNC(=O)CCNC(=O)[C@H](O)C(C)(C)COP(=O)([O-])OP(=O)([O-])OC[C@H]1O[C@@H](n2cnc3c(N)ncnc32)[C@H](O)[C@@H]1OP(=O)([O-])[O-]. The van der Waals surface area contributed by atoms with Crippen LogP contribution in [0.15, 0.2) is 37.0 Å². The number of amides is 2. The summed E-state index contributed by atoms with van der Waals surface area (Å²) >= 11 is 1.01. The number of fused-ring (bicyclic) bond motifs is 1. The zero-order valence-corrected chi connectivity index (χ0v) is 39.7. The van der Waals surface area contributed by atoms with Crippen LogP contribution in [0.3, 0.4) is 0 Å². The lowest BCUT2D eigenvalue weighted by Crippen LogP contribution is -2.46. The van der Waals surface area contributed by atoms with Gasteiger partial charge in [-0.15, -0.1) is 0 Å². The van der Waals surface area contributed by atoms with E-state index in [1.54, 1.807) is 6.08 Å². The van der Waals surface area contributed by atoms with Crippen molar-refractivity contribution in [2.75, 3.05) is 37.8 Å².